The Morgan fingerprint density at radius 1 is 0.948 bits per heavy atom. The Hall–Kier alpha value is -5.47. The number of anilines is 2. The lowest BCUT2D eigenvalue weighted by atomic mass is 9.92. The number of fused-ring (bicyclic) bond motifs is 2. The lowest BCUT2D eigenvalue weighted by molar-refractivity contribution is -0.136. The summed E-state index contributed by atoms with van der Waals surface area (Å²) in [5.41, 5.74) is 4.35. The number of aromatic nitrogens is 2. The van der Waals surface area contributed by atoms with Crippen LogP contribution in [0.1, 0.15) is 58.4 Å². The molecular weight excluding hydrogens is 760 g/mol. The van der Waals surface area contributed by atoms with Crippen LogP contribution in [-0.4, -0.2) is 121 Å². The van der Waals surface area contributed by atoms with Crippen LogP contribution in [0.4, 0.5) is 11.5 Å². The van der Waals surface area contributed by atoms with Crippen molar-refractivity contribution in [3.8, 4) is 16.9 Å². The molecule has 0 bridgehead atoms. The van der Waals surface area contributed by atoms with Crippen molar-refractivity contribution >= 4 is 57.5 Å². The number of rotatable bonds is 9. The number of amides is 4. The van der Waals surface area contributed by atoms with E-state index in [2.05, 4.69) is 26.2 Å². The summed E-state index contributed by atoms with van der Waals surface area (Å²) in [6, 6.07) is 10.8. The van der Waals surface area contributed by atoms with Gasteiger partial charge in [-0.15, -0.1) is 0 Å². The number of hydrogen-bond donors (Lipinski definition) is 1. The van der Waals surface area contributed by atoms with Gasteiger partial charge in [0.05, 0.1) is 17.5 Å². The van der Waals surface area contributed by atoms with E-state index in [-0.39, 0.29) is 29.7 Å². The van der Waals surface area contributed by atoms with E-state index < -0.39 is 11.9 Å². The number of benzene rings is 2. The monoisotopic (exact) mass is 808 g/mol. The SMILES string of the molecule is COc1cc(-c2cn(C)c(=O)c3cnc(N(C)C)cc23)cc(Cl)c1C(=O)N1CCN(CCC2CCN(c3ccc4c(c3)CN(C3CCC(=O)NC3=O)C4=O)CC2)CC1. The van der Waals surface area contributed by atoms with E-state index in [1.807, 2.05) is 48.2 Å². The molecule has 58 heavy (non-hydrogen) atoms. The first-order valence-electron chi connectivity index (χ1n) is 20.0. The molecule has 304 valence electrons. The largest absolute Gasteiger partial charge is 0.496 e. The number of hydrogen-bond acceptors (Lipinski definition) is 10. The van der Waals surface area contributed by atoms with Crippen LogP contribution in [0.3, 0.4) is 0 Å². The van der Waals surface area contributed by atoms with Gasteiger partial charge in [0.2, 0.25) is 11.8 Å². The smallest absolute Gasteiger partial charge is 0.259 e. The van der Waals surface area contributed by atoms with E-state index in [0.717, 1.165) is 79.8 Å². The van der Waals surface area contributed by atoms with Crippen molar-refractivity contribution in [2.75, 3.05) is 76.8 Å². The van der Waals surface area contributed by atoms with Gasteiger partial charge >= 0.3 is 0 Å². The van der Waals surface area contributed by atoms with Crippen molar-refractivity contribution in [1.29, 1.82) is 0 Å². The van der Waals surface area contributed by atoms with E-state index in [1.165, 1.54) is 11.7 Å². The zero-order valence-electron chi connectivity index (χ0n) is 33.4. The maximum absolute atomic E-state index is 14.0. The third kappa shape index (κ3) is 7.50. The summed E-state index contributed by atoms with van der Waals surface area (Å²) in [5, 5.41) is 3.88. The molecule has 0 spiro atoms. The van der Waals surface area contributed by atoms with Gasteiger partial charge in [-0.25, -0.2) is 4.98 Å². The number of ether oxygens (including phenoxy) is 1. The average Bonchev–Trinajstić information content (AvgIpc) is 3.55. The van der Waals surface area contributed by atoms with Crippen LogP contribution >= 0.6 is 11.6 Å². The van der Waals surface area contributed by atoms with Crippen LogP contribution in [0.2, 0.25) is 5.02 Å². The second-order valence-electron chi connectivity index (χ2n) is 16.1. The number of carbonyl (C=O) groups is 4. The van der Waals surface area contributed by atoms with Gasteiger partial charge in [-0.3, -0.25) is 34.2 Å². The maximum atomic E-state index is 14.0. The van der Waals surface area contributed by atoms with Gasteiger partial charge in [0.1, 0.15) is 23.2 Å². The molecule has 6 heterocycles. The molecule has 0 saturated carbocycles. The minimum Gasteiger partial charge on any atom is -0.496 e. The molecule has 2 aromatic carbocycles. The molecule has 3 saturated heterocycles. The molecule has 4 aromatic rings. The number of carbonyl (C=O) groups excluding carboxylic acids is 4. The van der Waals surface area contributed by atoms with Crippen molar-refractivity contribution in [3.05, 3.63) is 80.9 Å². The topological polar surface area (TPSA) is 141 Å². The minimum atomic E-state index is -0.613. The number of methoxy groups -OCH3 is 1. The fourth-order valence-electron chi connectivity index (χ4n) is 8.86. The third-order valence-electron chi connectivity index (χ3n) is 12.3. The number of nitrogens with zero attached hydrogens (tertiary/aromatic N) is 7. The highest BCUT2D eigenvalue weighted by atomic mass is 35.5. The van der Waals surface area contributed by atoms with E-state index in [4.69, 9.17) is 16.3 Å². The first-order chi connectivity index (χ1) is 27.9. The van der Waals surface area contributed by atoms with Crippen LogP contribution in [0.5, 0.6) is 5.75 Å². The highest BCUT2D eigenvalue weighted by Crippen LogP contribution is 2.38. The van der Waals surface area contributed by atoms with Crippen LogP contribution in [0.15, 0.2) is 53.6 Å². The summed E-state index contributed by atoms with van der Waals surface area (Å²) in [6.45, 7) is 5.95. The Labute approximate surface area is 342 Å². The number of halogens is 1. The molecule has 0 aliphatic carbocycles. The summed E-state index contributed by atoms with van der Waals surface area (Å²) < 4.78 is 7.30. The van der Waals surface area contributed by atoms with Crippen LogP contribution in [0, 0.1) is 5.92 Å². The van der Waals surface area contributed by atoms with Crippen molar-refractivity contribution in [1.82, 2.24) is 29.6 Å². The Kier molecular flexibility index (Phi) is 10.9. The molecule has 15 heteroatoms. The number of aryl methyl sites for hydroxylation is 1. The molecule has 14 nitrogen and oxygen atoms in total. The molecular formula is C43H49ClN8O6. The van der Waals surface area contributed by atoms with Crippen molar-refractivity contribution in [2.45, 2.75) is 44.7 Å². The normalized spacial score (nSPS) is 19.2. The molecule has 4 amide bonds. The minimum absolute atomic E-state index is 0.150. The lowest BCUT2D eigenvalue weighted by Crippen LogP contribution is -2.52. The van der Waals surface area contributed by atoms with Gasteiger partial charge in [-0.05, 0) is 85.7 Å². The second kappa shape index (κ2) is 16.1. The Balaban J connectivity index is 0.847. The van der Waals surface area contributed by atoms with Gasteiger partial charge in [0.25, 0.3) is 17.4 Å². The summed E-state index contributed by atoms with van der Waals surface area (Å²) in [7, 11) is 7.03. The van der Waals surface area contributed by atoms with Gasteiger partial charge in [-0.2, -0.15) is 0 Å². The number of piperidine rings is 2. The van der Waals surface area contributed by atoms with E-state index >= 15 is 0 Å². The highest BCUT2D eigenvalue weighted by Gasteiger charge is 2.39. The fourth-order valence-corrected chi connectivity index (χ4v) is 9.16. The molecule has 1 unspecified atom stereocenters. The van der Waals surface area contributed by atoms with E-state index in [9.17, 15) is 24.0 Å². The first-order valence-corrected chi connectivity index (χ1v) is 20.4. The zero-order valence-corrected chi connectivity index (χ0v) is 34.2. The standard InChI is InChI=1S/C43H49ClN8O6/c1-47(2)37-22-31-32(23-45-37)41(55)48(3)25-33(31)27-20-34(44)39(36(21-27)58-4)43(57)51-17-15-49(16-18-51)12-9-26-10-13-50(14-11-26)29-5-6-30-28(19-29)24-52(42(30)56)35-7-8-38(53)46-40(35)54/h5-6,19-23,25-26,35H,7-18,24H2,1-4H3,(H,46,53,54). The van der Waals surface area contributed by atoms with Crippen LogP contribution in [-0.2, 0) is 23.2 Å². The highest BCUT2D eigenvalue weighted by molar-refractivity contribution is 6.34. The molecule has 8 rings (SSSR count). The van der Waals surface area contributed by atoms with Crippen molar-refractivity contribution < 1.29 is 23.9 Å². The number of pyridine rings is 2. The summed E-state index contributed by atoms with van der Waals surface area (Å²) in [4.78, 5) is 78.8. The average molecular weight is 809 g/mol. The summed E-state index contributed by atoms with van der Waals surface area (Å²) >= 11 is 6.90. The first kappa shape index (κ1) is 39.4. The van der Waals surface area contributed by atoms with Crippen LogP contribution < -0.4 is 25.4 Å². The second-order valence-corrected chi connectivity index (χ2v) is 16.5. The molecule has 2 aromatic heterocycles. The lowest BCUT2D eigenvalue weighted by Gasteiger charge is -2.37. The zero-order chi connectivity index (χ0) is 40.8. The molecule has 4 aliphatic rings. The van der Waals surface area contributed by atoms with Gasteiger partial charge in [0, 0.05) is 108 Å². The predicted octanol–water partition coefficient (Wildman–Crippen LogP) is 4.15. The number of nitrogens with one attached hydrogen (secondary N) is 1. The van der Waals surface area contributed by atoms with E-state index in [0.29, 0.717) is 65.1 Å². The van der Waals surface area contributed by atoms with Gasteiger partial charge < -0.3 is 28.9 Å². The number of piperazine rings is 1. The quantitative estimate of drug-likeness (QED) is 0.246. The fraction of sp³-hybridized carbons (Fsp3) is 0.442. The third-order valence-corrected chi connectivity index (χ3v) is 12.6. The van der Waals surface area contributed by atoms with Crippen molar-refractivity contribution in [3.63, 3.8) is 0 Å². The van der Waals surface area contributed by atoms with Crippen LogP contribution in [0.25, 0.3) is 21.9 Å². The summed E-state index contributed by atoms with van der Waals surface area (Å²) in [5.74, 6) is 0.706. The molecule has 0 radical (unpaired) electrons. The number of imide groups is 1. The Morgan fingerprint density at radius 2 is 1.71 bits per heavy atom. The predicted molar refractivity (Wildman–Crippen MR) is 223 cm³/mol. The molecule has 3 fully saturated rings. The molecule has 1 atom stereocenters. The Bertz CT molecular complexity index is 2370. The van der Waals surface area contributed by atoms with Crippen molar-refractivity contribution in [2.24, 2.45) is 13.0 Å². The molecule has 4 aliphatic heterocycles. The van der Waals surface area contributed by atoms with E-state index in [1.54, 1.807) is 30.4 Å². The molecule has 1 N–H and O–H groups in total. The maximum Gasteiger partial charge on any atom is 0.259 e. The Morgan fingerprint density at radius 3 is 2.41 bits per heavy atom. The summed E-state index contributed by atoms with van der Waals surface area (Å²) in [6.07, 6.45) is 7.22. The van der Waals surface area contributed by atoms with Gasteiger partial charge in [0.15, 0.2) is 0 Å². The van der Waals surface area contributed by atoms with Gasteiger partial charge in [-0.1, -0.05) is 11.6 Å².